The van der Waals surface area contributed by atoms with Crippen LogP contribution < -0.4 is 9.62 Å². The Balaban J connectivity index is 1.64. The Morgan fingerprint density at radius 2 is 2.20 bits per heavy atom. The second-order valence-corrected chi connectivity index (χ2v) is 7.76. The van der Waals surface area contributed by atoms with Crippen LogP contribution in [0.2, 0.25) is 0 Å². The molecule has 0 fully saturated rings. The molecule has 0 saturated heterocycles. The molecule has 0 spiro atoms. The van der Waals surface area contributed by atoms with E-state index >= 15 is 0 Å². The number of benzene rings is 1. The molecule has 1 amide bonds. The highest BCUT2D eigenvalue weighted by Gasteiger charge is 2.25. The van der Waals surface area contributed by atoms with Gasteiger partial charge in [0.25, 0.3) is 0 Å². The average molecular weight is 362 g/mol. The van der Waals surface area contributed by atoms with Crippen molar-refractivity contribution < 1.29 is 13.2 Å². The van der Waals surface area contributed by atoms with Crippen LogP contribution in [0, 0.1) is 0 Å². The maximum absolute atomic E-state index is 12.5. The first-order valence-electron chi connectivity index (χ1n) is 8.40. The predicted octanol–water partition coefficient (Wildman–Crippen LogP) is 1.55. The van der Waals surface area contributed by atoms with Gasteiger partial charge in [-0.1, -0.05) is 6.92 Å². The molecule has 1 N–H and O–H groups in total. The number of hydrogen-bond donors (Lipinski definition) is 1. The highest BCUT2D eigenvalue weighted by Crippen LogP contribution is 2.30. The van der Waals surface area contributed by atoms with E-state index in [2.05, 4.69) is 9.71 Å². The Kier molecular flexibility index (Phi) is 5.19. The summed E-state index contributed by atoms with van der Waals surface area (Å²) < 4.78 is 29.4. The lowest BCUT2D eigenvalue weighted by Crippen LogP contribution is -2.28. The molecule has 25 heavy (non-hydrogen) atoms. The van der Waals surface area contributed by atoms with Crippen molar-refractivity contribution in [2.45, 2.75) is 37.6 Å². The van der Waals surface area contributed by atoms with Crippen molar-refractivity contribution in [3.8, 4) is 0 Å². The number of imidazole rings is 1. The fourth-order valence-electron chi connectivity index (χ4n) is 2.97. The number of rotatable bonds is 7. The number of nitrogens with one attached hydrogen (secondary N) is 1. The minimum Gasteiger partial charge on any atom is -0.337 e. The number of aromatic nitrogens is 2. The van der Waals surface area contributed by atoms with Gasteiger partial charge in [0.15, 0.2) is 0 Å². The first-order chi connectivity index (χ1) is 12.0. The second-order valence-electron chi connectivity index (χ2n) is 5.99. The van der Waals surface area contributed by atoms with Gasteiger partial charge >= 0.3 is 0 Å². The molecule has 0 unspecified atom stereocenters. The first kappa shape index (κ1) is 17.6. The molecule has 134 valence electrons. The van der Waals surface area contributed by atoms with E-state index in [-0.39, 0.29) is 10.8 Å². The van der Waals surface area contributed by atoms with Crippen LogP contribution in [0.25, 0.3) is 0 Å². The van der Waals surface area contributed by atoms with E-state index in [9.17, 15) is 13.2 Å². The first-order valence-corrected chi connectivity index (χ1v) is 9.88. The molecule has 2 aromatic rings. The van der Waals surface area contributed by atoms with Crippen molar-refractivity contribution in [3.63, 3.8) is 0 Å². The van der Waals surface area contributed by atoms with Gasteiger partial charge in [-0.2, -0.15) is 0 Å². The van der Waals surface area contributed by atoms with Crippen LogP contribution in [0.5, 0.6) is 0 Å². The van der Waals surface area contributed by atoms with Crippen molar-refractivity contribution in [1.82, 2.24) is 14.3 Å². The third-order valence-corrected chi connectivity index (χ3v) is 5.76. The second kappa shape index (κ2) is 7.37. The Morgan fingerprint density at radius 1 is 1.36 bits per heavy atom. The fraction of sp³-hybridized carbons (Fsp3) is 0.412. The summed E-state index contributed by atoms with van der Waals surface area (Å²) in [5.41, 5.74) is 1.73. The average Bonchev–Trinajstić information content (AvgIpc) is 3.27. The fourth-order valence-corrected chi connectivity index (χ4v) is 4.09. The standard InChI is InChI=1S/C17H22N4O3S/c1-2-17(22)21-10-6-14-12-15(4-5-16(14)21)25(23,24)19-7-3-9-20-11-8-18-13-20/h4-5,8,11-13,19H,2-3,6-7,9-10H2,1H3. The summed E-state index contributed by atoms with van der Waals surface area (Å²) >= 11 is 0. The third-order valence-electron chi connectivity index (χ3n) is 4.30. The lowest BCUT2D eigenvalue weighted by atomic mass is 10.2. The van der Waals surface area contributed by atoms with Gasteiger partial charge in [0.2, 0.25) is 15.9 Å². The maximum atomic E-state index is 12.5. The van der Waals surface area contributed by atoms with Gasteiger partial charge in [-0.15, -0.1) is 0 Å². The van der Waals surface area contributed by atoms with Gasteiger partial charge < -0.3 is 9.47 Å². The third kappa shape index (κ3) is 3.91. The molecule has 1 aliphatic heterocycles. The van der Waals surface area contributed by atoms with Crippen LogP contribution in [0.3, 0.4) is 0 Å². The van der Waals surface area contributed by atoms with Crippen LogP contribution in [0.4, 0.5) is 5.69 Å². The molecule has 0 saturated carbocycles. The zero-order valence-corrected chi connectivity index (χ0v) is 15.0. The number of amides is 1. The van der Waals surface area contributed by atoms with Crippen molar-refractivity contribution >= 4 is 21.6 Å². The van der Waals surface area contributed by atoms with E-state index in [1.807, 2.05) is 17.7 Å². The number of carbonyl (C=O) groups is 1. The molecule has 0 radical (unpaired) electrons. The Bertz CT molecular complexity index is 847. The number of anilines is 1. The van der Waals surface area contributed by atoms with Gasteiger partial charge in [0.05, 0.1) is 11.2 Å². The normalized spacial score (nSPS) is 13.9. The molecule has 0 atom stereocenters. The Morgan fingerprint density at radius 3 is 2.92 bits per heavy atom. The monoisotopic (exact) mass is 362 g/mol. The lowest BCUT2D eigenvalue weighted by molar-refractivity contribution is -0.118. The van der Waals surface area contributed by atoms with Crippen LogP contribution in [0.1, 0.15) is 25.3 Å². The molecule has 8 heteroatoms. The van der Waals surface area contributed by atoms with Crippen molar-refractivity contribution in [2.24, 2.45) is 0 Å². The van der Waals surface area contributed by atoms with Crippen LogP contribution >= 0.6 is 0 Å². The smallest absolute Gasteiger partial charge is 0.240 e. The van der Waals surface area contributed by atoms with Crippen LogP contribution in [-0.2, 0) is 27.8 Å². The summed E-state index contributed by atoms with van der Waals surface area (Å²) in [6, 6.07) is 4.98. The van der Waals surface area contributed by atoms with Crippen molar-refractivity contribution in [3.05, 3.63) is 42.5 Å². The summed E-state index contributed by atoms with van der Waals surface area (Å²) in [7, 11) is -3.54. The topological polar surface area (TPSA) is 84.3 Å². The van der Waals surface area contributed by atoms with E-state index in [1.54, 1.807) is 35.6 Å². The van der Waals surface area contributed by atoms with E-state index in [4.69, 9.17) is 0 Å². The van der Waals surface area contributed by atoms with Gasteiger partial charge in [-0.05, 0) is 36.6 Å². The number of fused-ring (bicyclic) bond motifs is 1. The van der Waals surface area contributed by atoms with Gasteiger partial charge in [-0.25, -0.2) is 18.1 Å². The van der Waals surface area contributed by atoms with E-state index in [0.29, 0.717) is 38.9 Å². The Hall–Kier alpha value is -2.19. The molecule has 3 rings (SSSR count). The molecule has 1 aromatic carbocycles. The Labute approximate surface area is 147 Å². The van der Waals surface area contributed by atoms with Crippen LogP contribution in [-0.4, -0.2) is 37.0 Å². The quantitative estimate of drug-likeness (QED) is 0.758. The number of nitrogens with zero attached hydrogens (tertiary/aromatic N) is 3. The minimum absolute atomic E-state index is 0.0620. The van der Waals surface area contributed by atoms with Gasteiger partial charge in [0, 0.05) is 44.1 Å². The zero-order chi connectivity index (χ0) is 17.9. The van der Waals surface area contributed by atoms with Crippen molar-refractivity contribution in [2.75, 3.05) is 18.0 Å². The summed E-state index contributed by atoms with van der Waals surface area (Å²) in [5.74, 6) is 0.0620. The summed E-state index contributed by atoms with van der Waals surface area (Å²) in [6.45, 7) is 3.51. The minimum atomic E-state index is -3.54. The largest absolute Gasteiger partial charge is 0.337 e. The number of hydrogen-bond acceptors (Lipinski definition) is 4. The molecular weight excluding hydrogens is 340 g/mol. The molecule has 0 aliphatic carbocycles. The SMILES string of the molecule is CCC(=O)N1CCc2cc(S(=O)(=O)NCCCn3ccnc3)ccc21. The molecule has 1 aliphatic rings. The van der Waals surface area contributed by atoms with E-state index in [1.165, 1.54) is 0 Å². The summed E-state index contributed by atoms with van der Waals surface area (Å²) in [6.07, 6.45) is 7.06. The van der Waals surface area contributed by atoms with Crippen LogP contribution in [0.15, 0.2) is 41.8 Å². The zero-order valence-electron chi connectivity index (χ0n) is 14.2. The highest BCUT2D eigenvalue weighted by molar-refractivity contribution is 7.89. The molecule has 2 heterocycles. The summed E-state index contributed by atoms with van der Waals surface area (Å²) in [4.78, 5) is 17.8. The maximum Gasteiger partial charge on any atom is 0.240 e. The predicted molar refractivity (Wildman–Crippen MR) is 94.8 cm³/mol. The van der Waals surface area contributed by atoms with E-state index in [0.717, 1.165) is 11.3 Å². The summed E-state index contributed by atoms with van der Waals surface area (Å²) in [5, 5.41) is 0. The molecule has 0 bridgehead atoms. The number of sulfonamides is 1. The van der Waals surface area contributed by atoms with E-state index < -0.39 is 10.0 Å². The highest BCUT2D eigenvalue weighted by atomic mass is 32.2. The molecule has 1 aromatic heterocycles. The number of carbonyl (C=O) groups excluding carboxylic acids is 1. The van der Waals surface area contributed by atoms with Crippen molar-refractivity contribution in [1.29, 1.82) is 0 Å². The van der Waals surface area contributed by atoms with Gasteiger partial charge in [-0.3, -0.25) is 4.79 Å². The molecule has 7 nitrogen and oxygen atoms in total. The molecular formula is C17H22N4O3S. The lowest BCUT2D eigenvalue weighted by Gasteiger charge is -2.16. The number of aryl methyl sites for hydroxylation is 1. The van der Waals surface area contributed by atoms with Gasteiger partial charge in [0.1, 0.15) is 0 Å².